The number of nitrogens with zero attached hydrogens (tertiary/aromatic N) is 6. The van der Waals surface area contributed by atoms with Gasteiger partial charge in [-0.25, -0.2) is 9.50 Å². The van der Waals surface area contributed by atoms with Crippen LogP contribution in [0, 0.1) is 6.92 Å². The van der Waals surface area contributed by atoms with Crippen LogP contribution in [-0.2, 0) is 4.79 Å². The highest BCUT2D eigenvalue weighted by Gasteiger charge is 2.26. The summed E-state index contributed by atoms with van der Waals surface area (Å²) in [6.07, 6.45) is 4.33. The minimum atomic E-state index is -0.0295. The van der Waals surface area contributed by atoms with E-state index in [9.17, 15) is 9.59 Å². The molecule has 1 aliphatic heterocycles. The lowest BCUT2D eigenvalue weighted by Gasteiger charge is -2.25. The van der Waals surface area contributed by atoms with E-state index in [2.05, 4.69) is 15.0 Å². The Bertz CT molecular complexity index is 814. The molecule has 1 fully saturated rings. The van der Waals surface area contributed by atoms with Gasteiger partial charge in [0, 0.05) is 51.7 Å². The number of likely N-dealkylation sites (N-methyl/N-ethyl adjacent to an activating group) is 1. The number of hydrogen-bond donors (Lipinski definition) is 0. The van der Waals surface area contributed by atoms with E-state index in [0.29, 0.717) is 43.1 Å². The van der Waals surface area contributed by atoms with Crippen LogP contribution in [0.1, 0.15) is 36.3 Å². The van der Waals surface area contributed by atoms with Crippen molar-refractivity contribution in [1.82, 2.24) is 29.3 Å². The summed E-state index contributed by atoms with van der Waals surface area (Å²) >= 11 is 0. The molecule has 0 N–H and O–H groups in total. The first kappa shape index (κ1) is 19.3. The van der Waals surface area contributed by atoms with Crippen molar-refractivity contribution in [2.24, 2.45) is 0 Å². The SMILES string of the molecule is CCN(CC)C(=O)CN1CCCN(C(=O)c2c(C)nn3cccnc23)CC1. The average Bonchev–Trinajstić information content (AvgIpc) is 2.83. The van der Waals surface area contributed by atoms with Crippen LogP contribution in [0.2, 0.25) is 0 Å². The standard InChI is InChI=1S/C19H28N6O2/c1-4-23(5-2)16(26)14-22-9-7-10-24(13-12-22)19(27)17-15(3)21-25-11-6-8-20-18(17)25/h6,8,11H,4-5,7,9-10,12-14H2,1-3H3. The lowest BCUT2D eigenvalue weighted by molar-refractivity contribution is -0.132. The number of carbonyl (C=O) groups excluding carboxylic acids is 2. The van der Waals surface area contributed by atoms with Crippen molar-refractivity contribution in [2.45, 2.75) is 27.2 Å². The van der Waals surface area contributed by atoms with Gasteiger partial charge in [0.05, 0.1) is 12.2 Å². The molecule has 8 heteroatoms. The molecule has 27 heavy (non-hydrogen) atoms. The van der Waals surface area contributed by atoms with Crippen LogP contribution in [0.4, 0.5) is 0 Å². The average molecular weight is 372 g/mol. The monoisotopic (exact) mass is 372 g/mol. The molecule has 1 aliphatic rings. The van der Waals surface area contributed by atoms with Gasteiger partial charge in [-0.05, 0) is 33.3 Å². The molecule has 0 bridgehead atoms. The minimum Gasteiger partial charge on any atom is -0.342 e. The molecule has 0 saturated carbocycles. The molecular formula is C19H28N6O2. The van der Waals surface area contributed by atoms with Crippen molar-refractivity contribution in [3.63, 3.8) is 0 Å². The number of aromatic nitrogens is 3. The molecule has 2 aromatic heterocycles. The molecule has 0 aliphatic carbocycles. The summed E-state index contributed by atoms with van der Waals surface area (Å²) in [5.41, 5.74) is 1.86. The summed E-state index contributed by atoms with van der Waals surface area (Å²) in [5, 5.41) is 4.39. The van der Waals surface area contributed by atoms with E-state index in [-0.39, 0.29) is 11.8 Å². The lowest BCUT2D eigenvalue weighted by Crippen LogP contribution is -2.42. The summed E-state index contributed by atoms with van der Waals surface area (Å²) in [6.45, 7) is 10.5. The Morgan fingerprint density at radius 3 is 2.67 bits per heavy atom. The second-order valence-corrected chi connectivity index (χ2v) is 6.84. The first-order valence-electron chi connectivity index (χ1n) is 9.64. The molecule has 0 radical (unpaired) electrons. The van der Waals surface area contributed by atoms with Crippen molar-refractivity contribution in [1.29, 1.82) is 0 Å². The summed E-state index contributed by atoms with van der Waals surface area (Å²) in [4.78, 5) is 35.7. The van der Waals surface area contributed by atoms with Gasteiger partial charge in [0.1, 0.15) is 5.56 Å². The van der Waals surface area contributed by atoms with Crippen molar-refractivity contribution in [3.05, 3.63) is 29.7 Å². The second kappa shape index (κ2) is 8.47. The van der Waals surface area contributed by atoms with E-state index in [1.807, 2.05) is 30.6 Å². The number of amides is 2. The highest BCUT2D eigenvalue weighted by atomic mass is 16.2. The van der Waals surface area contributed by atoms with Crippen molar-refractivity contribution in [2.75, 3.05) is 45.8 Å². The molecule has 2 amide bonds. The van der Waals surface area contributed by atoms with Crippen LogP contribution in [0.25, 0.3) is 5.65 Å². The van der Waals surface area contributed by atoms with Crippen molar-refractivity contribution < 1.29 is 9.59 Å². The molecule has 1 saturated heterocycles. The topological polar surface area (TPSA) is 74.1 Å². The Hall–Kier alpha value is -2.48. The van der Waals surface area contributed by atoms with Crippen molar-refractivity contribution >= 4 is 17.5 Å². The largest absolute Gasteiger partial charge is 0.342 e. The quantitative estimate of drug-likeness (QED) is 0.784. The van der Waals surface area contributed by atoms with Crippen LogP contribution in [0.15, 0.2) is 18.5 Å². The van der Waals surface area contributed by atoms with Gasteiger partial charge < -0.3 is 9.80 Å². The van der Waals surface area contributed by atoms with Gasteiger partial charge in [-0.1, -0.05) is 0 Å². The summed E-state index contributed by atoms with van der Waals surface area (Å²) in [6, 6.07) is 1.80. The maximum atomic E-state index is 13.1. The number of carbonyl (C=O) groups is 2. The van der Waals surface area contributed by atoms with E-state index in [1.54, 1.807) is 23.0 Å². The van der Waals surface area contributed by atoms with Crippen molar-refractivity contribution in [3.8, 4) is 0 Å². The van der Waals surface area contributed by atoms with E-state index in [0.717, 1.165) is 26.1 Å². The van der Waals surface area contributed by atoms with Gasteiger partial charge in [0.25, 0.3) is 5.91 Å². The number of aryl methyl sites for hydroxylation is 1. The van der Waals surface area contributed by atoms with Crippen LogP contribution in [0.3, 0.4) is 0 Å². The summed E-state index contributed by atoms with van der Waals surface area (Å²) in [5.74, 6) is 0.126. The summed E-state index contributed by atoms with van der Waals surface area (Å²) in [7, 11) is 0. The molecule has 3 rings (SSSR count). The summed E-state index contributed by atoms with van der Waals surface area (Å²) < 4.78 is 1.65. The van der Waals surface area contributed by atoms with Crippen LogP contribution >= 0.6 is 0 Å². The fourth-order valence-corrected chi connectivity index (χ4v) is 3.60. The van der Waals surface area contributed by atoms with Crippen LogP contribution in [-0.4, -0.2) is 86.9 Å². The Labute approximate surface area is 159 Å². The molecule has 0 spiro atoms. The molecule has 8 nitrogen and oxygen atoms in total. The van der Waals surface area contributed by atoms with Crippen LogP contribution < -0.4 is 0 Å². The highest BCUT2D eigenvalue weighted by Crippen LogP contribution is 2.17. The van der Waals surface area contributed by atoms with E-state index < -0.39 is 0 Å². The van der Waals surface area contributed by atoms with Crippen LogP contribution in [0.5, 0.6) is 0 Å². The predicted molar refractivity (Wildman–Crippen MR) is 103 cm³/mol. The zero-order valence-electron chi connectivity index (χ0n) is 16.4. The first-order valence-corrected chi connectivity index (χ1v) is 9.64. The Balaban J connectivity index is 1.68. The van der Waals surface area contributed by atoms with Gasteiger partial charge in [-0.3, -0.25) is 14.5 Å². The fraction of sp³-hybridized carbons (Fsp3) is 0.579. The molecule has 0 unspecified atom stereocenters. The van der Waals surface area contributed by atoms with Gasteiger partial charge in [-0.2, -0.15) is 5.10 Å². The van der Waals surface area contributed by atoms with Gasteiger partial charge in [-0.15, -0.1) is 0 Å². The molecule has 2 aromatic rings. The van der Waals surface area contributed by atoms with E-state index in [1.165, 1.54) is 0 Å². The molecule has 3 heterocycles. The third-order valence-corrected chi connectivity index (χ3v) is 5.13. The number of fused-ring (bicyclic) bond motifs is 1. The van der Waals surface area contributed by atoms with Gasteiger partial charge in [0.15, 0.2) is 5.65 Å². The molecular weight excluding hydrogens is 344 g/mol. The normalized spacial score (nSPS) is 15.7. The highest BCUT2D eigenvalue weighted by molar-refractivity contribution is 6.01. The predicted octanol–water partition coefficient (Wildman–Crippen LogP) is 1.05. The minimum absolute atomic E-state index is 0.0295. The smallest absolute Gasteiger partial charge is 0.259 e. The Morgan fingerprint density at radius 1 is 1.15 bits per heavy atom. The van der Waals surface area contributed by atoms with E-state index >= 15 is 0 Å². The molecule has 146 valence electrons. The second-order valence-electron chi connectivity index (χ2n) is 6.84. The zero-order chi connectivity index (χ0) is 19.4. The maximum absolute atomic E-state index is 13.1. The number of hydrogen-bond acceptors (Lipinski definition) is 5. The van der Waals surface area contributed by atoms with Gasteiger partial charge >= 0.3 is 0 Å². The Morgan fingerprint density at radius 2 is 1.93 bits per heavy atom. The fourth-order valence-electron chi connectivity index (χ4n) is 3.60. The maximum Gasteiger partial charge on any atom is 0.259 e. The lowest BCUT2D eigenvalue weighted by atomic mass is 10.2. The number of rotatable bonds is 5. The Kier molecular flexibility index (Phi) is 6.05. The molecule has 0 atom stereocenters. The zero-order valence-corrected chi connectivity index (χ0v) is 16.4. The third-order valence-electron chi connectivity index (χ3n) is 5.13. The van der Waals surface area contributed by atoms with Gasteiger partial charge in [0.2, 0.25) is 5.91 Å². The molecule has 0 aromatic carbocycles. The first-order chi connectivity index (χ1) is 13.0. The van der Waals surface area contributed by atoms with E-state index in [4.69, 9.17) is 0 Å². The third kappa shape index (κ3) is 4.10.